The summed E-state index contributed by atoms with van der Waals surface area (Å²) in [6.45, 7) is 6.14. The molecule has 0 radical (unpaired) electrons. The van der Waals surface area contributed by atoms with E-state index in [1.165, 1.54) is 0 Å². The monoisotopic (exact) mass is 303 g/mol. The molecule has 2 heterocycles. The molecular weight excluding hydrogens is 286 g/mol. The van der Waals surface area contributed by atoms with Gasteiger partial charge in [0.05, 0.1) is 13.0 Å². The summed E-state index contributed by atoms with van der Waals surface area (Å²) in [5.41, 5.74) is 0.659. The largest absolute Gasteiger partial charge is 0.478 e. The number of carbonyl (C=O) groups is 1. The Bertz CT molecular complexity index is 649. The third kappa shape index (κ3) is 4.15. The van der Waals surface area contributed by atoms with Crippen LogP contribution in [0.3, 0.4) is 0 Å². The zero-order chi connectivity index (χ0) is 15.9. The van der Waals surface area contributed by atoms with E-state index in [2.05, 4.69) is 28.6 Å². The number of hydrogen-bond acceptors (Lipinski definition) is 6. The third-order valence-electron chi connectivity index (χ3n) is 2.88. The fraction of sp³-hybridized carbons (Fsp3) is 0.333. The normalized spacial score (nSPS) is 10.4. The first-order chi connectivity index (χ1) is 10.6. The molecule has 0 amide bonds. The fourth-order valence-electron chi connectivity index (χ4n) is 1.62. The van der Waals surface area contributed by atoms with Gasteiger partial charge < -0.3 is 14.4 Å². The standard InChI is InChI=1S/C15H17N3O4/c1-3-4-7-21-12-6-5-11(9-16-12)14-17-13(22-18-14)8-10(2)15(19)20/h5-6,9H,2-4,7-8H2,1H3,(H,19,20). The van der Waals surface area contributed by atoms with E-state index in [9.17, 15) is 4.79 Å². The number of carboxylic acids is 1. The molecule has 1 N–H and O–H groups in total. The molecule has 0 bridgehead atoms. The first kappa shape index (κ1) is 15.7. The highest BCUT2D eigenvalue weighted by molar-refractivity contribution is 5.86. The van der Waals surface area contributed by atoms with Crippen LogP contribution in [-0.2, 0) is 11.2 Å². The summed E-state index contributed by atoms with van der Waals surface area (Å²) in [5.74, 6) is 0.00152. The Balaban J connectivity index is 2.01. The van der Waals surface area contributed by atoms with Crippen molar-refractivity contribution in [3.05, 3.63) is 36.4 Å². The van der Waals surface area contributed by atoms with Gasteiger partial charge in [0.15, 0.2) is 0 Å². The topological polar surface area (TPSA) is 98.3 Å². The number of rotatable bonds is 8. The lowest BCUT2D eigenvalue weighted by molar-refractivity contribution is -0.132. The van der Waals surface area contributed by atoms with Gasteiger partial charge in [-0.05, 0) is 12.5 Å². The summed E-state index contributed by atoms with van der Waals surface area (Å²) >= 11 is 0. The Labute approximate surface area is 127 Å². The molecule has 7 nitrogen and oxygen atoms in total. The molecule has 22 heavy (non-hydrogen) atoms. The average molecular weight is 303 g/mol. The number of pyridine rings is 1. The molecule has 116 valence electrons. The molecule has 2 aromatic heterocycles. The molecule has 0 saturated carbocycles. The Morgan fingerprint density at radius 3 is 2.91 bits per heavy atom. The van der Waals surface area contributed by atoms with E-state index < -0.39 is 5.97 Å². The average Bonchev–Trinajstić information content (AvgIpc) is 2.96. The number of nitrogens with zero attached hydrogens (tertiary/aromatic N) is 3. The maximum Gasteiger partial charge on any atom is 0.331 e. The van der Waals surface area contributed by atoms with E-state index in [4.69, 9.17) is 14.4 Å². The molecule has 0 aromatic carbocycles. The van der Waals surface area contributed by atoms with Crippen molar-refractivity contribution in [2.45, 2.75) is 26.2 Å². The minimum absolute atomic E-state index is 0.00648. The maximum atomic E-state index is 10.7. The van der Waals surface area contributed by atoms with Crippen LogP contribution in [0.1, 0.15) is 25.7 Å². The first-order valence-electron chi connectivity index (χ1n) is 6.93. The van der Waals surface area contributed by atoms with Crippen LogP contribution in [0.5, 0.6) is 5.88 Å². The molecule has 2 rings (SSSR count). The van der Waals surface area contributed by atoms with Gasteiger partial charge in [-0.1, -0.05) is 25.1 Å². The van der Waals surface area contributed by atoms with Crippen molar-refractivity contribution >= 4 is 5.97 Å². The predicted octanol–water partition coefficient (Wildman–Crippen LogP) is 2.49. The van der Waals surface area contributed by atoms with Gasteiger partial charge in [-0.2, -0.15) is 4.98 Å². The van der Waals surface area contributed by atoms with Crippen LogP contribution in [0.15, 0.2) is 35.0 Å². The van der Waals surface area contributed by atoms with E-state index in [-0.39, 0.29) is 17.9 Å². The molecule has 0 aliphatic heterocycles. The summed E-state index contributed by atoms with van der Waals surface area (Å²) in [6.07, 6.45) is 3.63. The lowest BCUT2D eigenvalue weighted by atomic mass is 10.2. The lowest BCUT2D eigenvalue weighted by Gasteiger charge is -2.03. The summed E-state index contributed by atoms with van der Waals surface area (Å²) in [7, 11) is 0. The van der Waals surface area contributed by atoms with Crippen molar-refractivity contribution in [3.8, 4) is 17.3 Å². The summed E-state index contributed by atoms with van der Waals surface area (Å²) in [5, 5.41) is 12.6. The Hall–Kier alpha value is -2.70. The zero-order valence-corrected chi connectivity index (χ0v) is 12.3. The van der Waals surface area contributed by atoms with Gasteiger partial charge in [0.25, 0.3) is 0 Å². The van der Waals surface area contributed by atoms with Gasteiger partial charge in [-0.15, -0.1) is 0 Å². The number of carboxylic acid groups (broad SMARTS) is 1. The SMILES string of the molecule is C=C(Cc1nc(-c2ccc(OCCCC)nc2)no1)C(=O)O. The van der Waals surface area contributed by atoms with Crippen molar-refractivity contribution in [2.24, 2.45) is 0 Å². The van der Waals surface area contributed by atoms with Crippen LogP contribution >= 0.6 is 0 Å². The number of aliphatic carboxylic acids is 1. The highest BCUT2D eigenvalue weighted by atomic mass is 16.5. The molecule has 0 saturated heterocycles. The Kier molecular flexibility index (Phi) is 5.24. The van der Waals surface area contributed by atoms with Crippen molar-refractivity contribution < 1.29 is 19.2 Å². The quantitative estimate of drug-likeness (QED) is 0.591. The second-order valence-electron chi connectivity index (χ2n) is 4.68. The van der Waals surface area contributed by atoms with Crippen LogP contribution in [0, 0.1) is 0 Å². The van der Waals surface area contributed by atoms with E-state index in [0.717, 1.165) is 12.8 Å². The molecule has 0 aliphatic carbocycles. The van der Waals surface area contributed by atoms with Crippen molar-refractivity contribution in [2.75, 3.05) is 6.61 Å². The molecule has 0 spiro atoms. The molecule has 0 fully saturated rings. The summed E-state index contributed by atoms with van der Waals surface area (Å²) in [6, 6.07) is 3.51. The minimum Gasteiger partial charge on any atom is -0.478 e. The van der Waals surface area contributed by atoms with E-state index >= 15 is 0 Å². The zero-order valence-electron chi connectivity index (χ0n) is 12.3. The van der Waals surface area contributed by atoms with E-state index in [0.29, 0.717) is 23.9 Å². The van der Waals surface area contributed by atoms with E-state index in [1.54, 1.807) is 18.3 Å². The van der Waals surface area contributed by atoms with Gasteiger partial charge in [0.2, 0.25) is 17.6 Å². The van der Waals surface area contributed by atoms with Gasteiger partial charge in [-0.25, -0.2) is 9.78 Å². The number of aromatic nitrogens is 3. The Morgan fingerprint density at radius 2 is 2.27 bits per heavy atom. The molecule has 7 heteroatoms. The smallest absolute Gasteiger partial charge is 0.331 e. The van der Waals surface area contributed by atoms with Crippen molar-refractivity contribution in [1.82, 2.24) is 15.1 Å². The van der Waals surface area contributed by atoms with Crippen LogP contribution in [0.4, 0.5) is 0 Å². The van der Waals surface area contributed by atoms with Gasteiger partial charge in [0.1, 0.15) is 0 Å². The minimum atomic E-state index is -1.09. The molecular formula is C15H17N3O4. The summed E-state index contributed by atoms with van der Waals surface area (Å²) in [4.78, 5) is 19.0. The van der Waals surface area contributed by atoms with Gasteiger partial charge >= 0.3 is 5.97 Å². The number of hydrogen-bond donors (Lipinski definition) is 1. The molecule has 0 unspecified atom stereocenters. The van der Waals surface area contributed by atoms with Crippen LogP contribution in [-0.4, -0.2) is 32.8 Å². The van der Waals surface area contributed by atoms with Crippen molar-refractivity contribution in [3.63, 3.8) is 0 Å². The molecule has 0 aliphatic rings. The van der Waals surface area contributed by atoms with Crippen molar-refractivity contribution in [1.29, 1.82) is 0 Å². The number of ether oxygens (including phenoxy) is 1. The van der Waals surface area contributed by atoms with E-state index in [1.807, 2.05) is 0 Å². The summed E-state index contributed by atoms with van der Waals surface area (Å²) < 4.78 is 10.5. The second-order valence-corrected chi connectivity index (χ2v) is 4.68. The molecule has 0 atom stereocenters. The van der Waals surface area contributed by atoms with Gasteiger partial charge in [0, 0.05) is 23.4 Å². The highest BCUT2D eigenvalue weighted by Gasteiger charge is 2.13. The maximum absolute atomic E-state index is 10.7. The third-order valence-corrected chi connectivity index (χ3v) is 2.88. The van der Waals surface area contributed by atoms with Crippen LogP contribution in [0.2, 0.25) is 0 Å². The number of unbranched alkanes of at least 4 members (excludes halogenated alkanes) is 1. The molecule has 2 aromatic rings. The Morgan fingerprint density at radius 1 is 1.45 bits per heavy atom. The van der Waals surface area contributed by atoms with Gasteiger partial charge in [-0.3, -0.25) is 0 Å². The second kappa shape index (κ2) is 7.35. The highest BCUT2D eigenvalue weighted by Crippen LogP contribution is 2.18. The predicted molar refractivity (Wildman–Crippen MR) is 78.4 cm³/mol. The van der Waals surface area contributed by atoms with Crippen LogP contribution in [0.25, 0.3) is 11.4 Å². The fourth-order valence-corrected chi connectivity index (χ4v) is 1.62. The van der Waals surface area contributed by atoms with Crippen LogP contribution < -0.4 is 4.74 Å². The lowest BCUT2D eigenvalue weighted by Crippen LogP contribution is -2.02. The first-order valence-corrected chi connectivity index (χ1v) is 6.93.